The van der Waals surface area contributed by atoms with Crippen LogP contribution in [0.5, 0.6) is 0 Å². The van der Waals surface area contributed by atoms with Gasteiger partial charge in [-0.2, -0.15) is 0 Å². The van der Waals surface area contributed by atoms with Gasteiger partial charge in [0.25, 0.3) is 0 Å². The summed E-state index contributed by atoms with van der Waals surface area (Å²) < 4.78 is 6.63. The maximum atomic E-state index is 11.4. The van der Waals surface area contributed by atoms with Crippen LogP contribution in [0.25, 0.3) is 0 Å². The summed E-state index contributed by atoms with van der Waals surface area (Å²) in [6.45, 7) is 0. The lowest BCUT2D eigenvalue weighted by Crippen LogP contribution is -2.00. The number of carbonyl (C=O) groups is 1. The number of esters is 1. The van der Waals surface area contributed by atoms with E-state index in [1.54, 1.807) is 24.4 Å². The topological polar surface area (TPSA) is 43.6 Å². The van der Waals surface area contributed by atoms with Gasteiger partial charge in [0.15, 0.2) is 0 Å². The van der Waals surface area contributed by atoms with E-state index in [0.29, 0.717) is 5.56 Å². The van der Waals surface area contributed by atoms with Crippen LogP contribution in [0.3, 0.4) is 0 Å². The van der Waals surface area contributed by atoms with Crippen LogP contribution in [0.1, 0.15) is 16.1 Å². The first kappa shape index (κ1) is 12.1. The van der Waals surface area contributed by atoms with Gasteiger partial charge in [-0.05, 0) is 30.3 Å². The van der Waals surface area contributed by atoms with Crippen molar-refractivity contribution in [2.45, 2.75) is 0 Å². The van der Waals surface area contributed by atoms with Crippen LogP contribution in [0.2, 0.25) is 0 Å². The van der Waals surface area contributed by atoms with E-state index in [1.165, 1.54) is 7.11 Å². The van der Waals surface area contributed by atoms with E-state index in [4.69, 9.17) is 0 Å². The lowest BCUT2D eigenvalue weighted by Gasteiger charge is -2.00. The molecular weight excluding hydrogens is 228 g/mol. The highest BCUT2D eigenvalue weighted by molar-refractivity contribution is 5.90. The summed E-state index contributed by atoms with van der Waals surface area (Å²) in [7, 11) is 3.31. The van der Waals surface area contributed by atoms with E-state index in [2.05, 4.69) is 9.73 Å². The van der Waals surface area contributed by atoms with Crippen molar-refractivity contribution in [3.63, 3.8) is 0 Å². The number of aryl methyl sites for hydroxylation is 1. The Morgan fingerprint density at radius 3 is 2.83 bits per heavy atom. The third kappa shape index (κ3) is 2.66. The van der Waals surface area contributed by atoms with Crippen molar-refractivity contribution in [2.24, 2.45) is 12.0 Å². The summed E-state index contributed by atoms with van der Waals surface area (Å²) in [5.41, 5.74) is 2.22. The zero-order valence-electron chi connectivity index (χ0n) is 10.3. The van der Waals surface area contributed by atoms with Crippen LogP contribution in [0, 0.1) is 0 Å². The average molecular weight is 242 g/mol. The fraction of sp³-hybridized carbons (Fsp3) is 0.143. The summed E-state index contributed by atoms with van der Waals surface area (Å²) in [4.78, 5) is 15.7. The second kappa shape index (κ2) is 5.31. The molecule has 0 atom stereocenters. The van der Waals surface area contributed by atoms with Gasteiger partial charge in [-0.15, -0.1) is 0 Å². The molecule has 0 unspecified atom stereocenters. The molecule has 1 heterocycles. The molecule has 18 heavy (non-hydrogen) atoms. The van der Waals surface area contributed by atoms with Gasteiger partial charge in [0.1, 0.15) is 0 Å². The zero-order valence-corrected chi connectivity index (χ0v) is 10.3. The molecule has 4 nitrogen and oxygen atoms in total. The highest BCUT2D eigenvalue weighted by Crippen LogP contribution is 2.14. The first-order valence-electron chi connectivity index (χ1n) is 5.54. The van der Waals surface area contributed by atoms with Crippen LogP contribution in [-0.2, 0) is 11.8 Å². The Labute approximate surface area is 106 Å². The number of nitrogens with zero attached hydrogens (tertiary/aromatic N) is 2. The standard InChI is InChI=1S/C14H14N2O2/c1-16-8-4-7-13(16)10-15-12-6-3-5-11(9-12)14(17)18-2/h3-10H,1-2H3. The summed E-state index contributed by atoms with van der Waals surface area (Å²) >= 11 is 0. The monoisotopic (exact) mass is 242 g/mol. The van der Waals surface area contributed by atoms with Crippen molar-refractivity contribution in [1.29, 1.82) is 0 Å². The van der Waals surface area contributed by atoms with Gasteiger partial charge in [0.2, 0.25) is 0 Å². The molecule has 92 valence electrons. The Balaban J connectivity index is 2.22. The lowest BCUT2D eigenvalue weighted by atomic mass is 10.2. The smallest absolute Gasteiger partial charge is 0.337 e. The predicted molar refractivity (Wildman–Crippen MR) is 70.4 cm³/mol. The minimum Gasteiger partial charge on any atom is -0.465 e. The molecule has 0 fully saturated rings. The molecule has 0 bridgehead atoms. The van der Waals surface area contributed by atoms with Crippen molar-refractivity contribution >= 4 is 17.9 Å². The normalized spacial score (nSPS) is 10.8. The van der Waals surface area contributed by atoms with Crippen LogP contribution in [0.15, 0.2) is 47.6 Å². The number of aromatic nitrogens is 1. The lowest BCUT2D eigenvalue weighted by molar-refractivity contribution is 0.0601. The van der Waals surface area contributed by atoms with Gasteiger partial charge in [0.05, 0.1) is 30.3 Å². The Morgan fingerprint density at radius 1 is 1.33 bits per heavy atom. The highest BCUT2D eigenvalue weighted by atomic mass is 16.5. The maximum absolute atomic E-state index is 11.4. The first-order chi connectivity index (χ1) is 8.70. The quantitative estimate of drug-likeness (QED) is 0.613. The third-order valence-electron chi connectivity index (χ3n) is 2.60. The Bertz CT molecular complexity index is 585. The Morgan fingerprint density at radius 2 is 2.17 bits per heavy atom. The second-order valence-electron chi connectivity index (χ2n) is 3.84. The summed E-state index contributed by atoms with van der Waals surface area (Å²) in [6, 6.07) is 10.9. The number of carbonyl (C=O) groups excluding carboxylic acids is 1. The van der Waals surface area contributed by atoms with Crippen molar-refractivity contribution in [1.82, 2.24) is 4.57 Å². The molecular formula is C14H14N2O2. The minimum atomic E-state index is -0.356. The summed E-state index contributed by atoms with van der Waals surface area (Å²) in [5.74, 6) is -0.356. The molecule has 0 saturated carbocycles. The minimum absolute atomic E-state index is 0.356. The molecule has 0 aliphatic heterocycles. The molecule has 2 rings (SSSR count). The van der Waals surface area contributed by atoms with Crippen LogP contribution in [-0.4, -0.2) is 23.9 Å². The van der Waals surface area contributed by atoms with Crippen molar-refractivity contribution in [3.8, 4) is 0 Å². The van der Waals surface area contributed by atoms with Gasteiger partial charge in [-0.25, -0.2) is 4.79 Å². The average Bonchev–Trinajstić information content (AvgIpc) is 2.81. The van der Waals surface area contributed by atoms with Gasteiger partial charge in [0, 0.05) is 13.2 Å². The van der Waals surface area contributed by atoms with E-state index in [1.807, 2.05) is 36.0 Å². The third-order valence-corrected chi connectivity index (χ3v) is 2.60. The largest absolute Gasteiger partial charge is 0.465 e. The summed E-state index contributed by atoms with van der Waals surface area (Å²) in [5, 5.41) is 0. The molecule has 0 spiro atoms. The Hall–Kier alpha value is -2.36. The fourth-order valence-corrected chi connectivity index (χ4v) is 1.58. The molecule has 0 aliphatic rings. The number of aliphatic imine (C=N–C) groups is 1. The predicted octanol–water partition coefficient (Wildman–Crippen LogP) is 2.56. The molecule has 4 heteroatoms. The molecule has 0 amide bonds. The molecule has 1 aromatic heterocycles. The number of rotatable bonds is 3. The zero-order chi connectivity index (χ0) is 13.0. The van der Waals surface area contributed by atoms with Gasteiger partial charge in [-0.1, -0.05) is 6.07 Å². The van der Waals surface area contributed by atoms with Gasteiger partial charge >= 0.3 is 5.97 Å². The van der Waals surface area contributed by atoms with Gasteiger partial charge < -0.3 is 9.30 Å². The number of hydrogen-bond donors (Lipinski definition) is 0. The van der Waals surface area contributed by atoms with E-state index in [0.717, 1.165) is 11.4 Å². The SMILES string of the molecule is COC(=O)c1cccc(N=Cc2cccn2C)c1. The van der Waals surface area contributed by atoms with Gasteiger partial charge in [-0.3, -0.25) is 4.99 Å². The van der Waals surface area contributed by atoms with Crippen molar-refractivity contribution in [3.05, 3.63) is 53.9 Å². The van der Waals surface area contributed by atoms with E-state index in [9.17, 15) is 4.79 Å². The van der Waals surface area contributed by atoms with Crippen LogP contribution >= 0.6 is 0 Å². The van der Waals surface area contributed by atoms with E-state index in [-0.39, 0.29) is 5.97 Å². The highest BCUT2D eigenvalue weighted by Gasteiger charge is 2.04. The number of benzene rings is 1. The second-order valence-corrected chi connectivity index (χ2v) is 3.84. The molecule has 0 saturated heterocycles. The van der Waals surface area contributed by atoms with E-state index >= 15 is 0 Å². The van der Waals surface area contributed by atoms with E-state index < -0.39 is 0 Å². The molecule has 0 radical (unpaired) electrons. The molecule has 0 aliphatic carbocycles. The fourth-order valence-electron chi connectivity index (χ4n) is 1.58. The Kier molecular flexibility index (Phi) is 3.57. The van der Waals surface area contributed by atoms with Crippen LogP contribution in [0.4, 0.5) is 5.69 Å². The number of methoxy groups -OCH3 is 1. The van der Waals surface area contributed by atoms with Crippen molar-refractivity contribution < 1.29 is 9.53 Å². The maximum Gasteiger partial charge on any atom is 0.337 e. The number of ether oxygens (including phenoxy) is 1. The first-order valence-corrected chi connectivity index (χ1v) is 5.54. The van der Waals surface area contributed by atoms with Crippen molar-refractivity contribution in [2.75, 3.05) is 7.11 Å². The summed E-state index contributed by atoms with van der Waals surface area (Å²) in [6.07, 6.45) is 3.71. The molecule has 2 aromatic rings. The molecule has 0 N–H and O–H groups in total. The molecule has 1 aromatic carbocycles. The van der Waals surface area contributed by atoms with Crippen LogP contribution < -0.4 is 0 Å². The number of hydrogen-bond acceptors (Lipinski definition) is 3.